The lowest BCUT2D eigenvalue weighted by atomic mass is 10.0. The number of Topliss-reactive ketones (excluding diaryl/α,β-unsaturated/α-hetero) is 1. The number of carbonyl (C=O) groups excluding carboxylic acids is 2. The van der Waals surface area contributed by atoms with E-state index in [0.717, 1.165) is 65.9 Å². The van der Waals surface area contributed by atoms with E-state index >= 15 is 0 Å². The van der Waals surface area contributed by atoms with Crippen molar-refractivity contribution in [2.24, 2.45) is 7.05 Å². The highest BCUT2D eigenvalue weighted by Crippen LogP contribution is 2.26. The largest absolute Gasteiger partial charge is 0.388 e. The summed E-state index contributed by atoms with van der Waals surface area (Å²) in [5.74, 6) is -0.266. The van der Waals surface area contributed by atoms with Gasteiger partial charge in [0.2, 0.25) is 6.41 Å². The Kier molecular flexibility index (Phi) is 8.66. The zero-order valence-electron chi connectivity index (χ0n) is 21.3. The third-order valence-corrected chi connectivity index (χ3v) is 6.55. The van der Waals surface area contributed by atoms with Crippen molar-refractivity contribution < 1.29 is 14.7 Å². The number of ketones is 1. The average molecular weight is 500 g/mol. The molecule has 0 saturated carbocycles. The van der Waals surface area contributed by atoms with Gasteiger partial charge in [-0.25, -0.2) is 0 Å². The molecule has 3 aromatic carbocycles. The molecule has 1 aromatic heterocycles. The summed E-state index contributed by atoms with van der Waals surface area (Å²) in [5.41, 5.74) is 6.02. The van der Waals surface area contributed by atoms with Crippen molar-refractivity contribution in [1.82, 2.24) is 19.6 Å². The first kappa shape index (κ1) is 26.1. The molecule has 1 amide bonds. The van der Waals surface area contributed by atoms with Gasteiger partial charge in [-0.3, -0.25) is 14.3 Å². The Balaban J connectivity index is 0.000000301. The van der Waals surface area contributed by atoms with Gasteiger partial charge in [-0.1, -0.05) is 42.5 Å². The number of likely N-dealkylation sites (N-methyl/N-ethyl adjacent to an activating group) is 1. The molecule has 8 nitrogen and oxygen atoms in total. The monoisotopic (exact) mass is 499 g/mol. The summed E-state index contributed by atoms with van der Waals surface area (Å²) in [7, 11) is 4.01. The summed E-state index contributed by atoms with van der Waals surface area (Å²) in [6, 6.07) is 21.9. The van der Waals surface area contributed by atoms with E-state index in [0.29, 0.717) is 12.1 Å². The van der Waals surface area contributed by atoms with Crippen LogP contribution in [-0.4, -0.2) is 76.7 Å². The van der Waals surface area contributed by atoms with Crippen molar-refractivity contribution in [3.63, 3.8) is 0 Å². The predicted molar refractivity (Wildman–Crippen MR) is 146 cm³/mol. The molecule has 2 N–H and O–H groups in total. The second-order valence-electron chi connectivity index (χ2n) is 9.20. The van der Waals surface area contributed by atoms with Crippen LogP contribution in [0, 0.1) is 0 Å². The summed E-state index contributed by atoms with van der Waals surface area (Å²) in [6.45, 7) is 3.99. The van der Waals surface area contributed by atoms with Crippen LogP contribution < -0.4 is 5.32 Å². The topological polar surface area (TPSA) is 90.7 Å². The number of amides is 1. The molecule has 0 bridgehead atoms. The van der Waals surface area contributed by atoms with Gasteiger partial charge in [0.05, 0.1) is 11.7 Å². The number of fused-ring (bicyclic) bond motifs is 1. The fraction of sp³-hybridized carbons (Fsp3) is 0.276. The first-order valence-electron chi connectivity index (χ1n) is 12.3. The lowest BCUT2D eigenvalue weighted by Crippen LogP contribution is -2.43. The number of hydrogen-bond donors (Lipinski definition) is 2. The van der Waals surface area contributed by atoms with Crippen molar-refractivity contribution >= 4 is 28.8 Å². The molecule has 1 aliphatic rings. The van der Waals surface area contributed by atoms with E-state index < -0.39 is 6.61 Å². The molecular weight excluding hydrogens is 466 g/mol. The molecule has 192 valence electrons. The fourth-order valence-corrected chi connectivity index (χ4v) is 4.18. The number of aliphatic hydroxyl groups excluding tert-OH is 1. The predicted octanol–water partition coefficient (Wildman–Crippen LogP) is 3.42. The van der Waals surface area contributed by atoms with Crippen molar-refractivity contribution in [2.75, 3.05) is 45.2 Å². The fourth-order valence-electron chi connectivity index (χ4n) is 4.18. The quantitative estimate of drug-likeness (QED) is 0.299. The molecule has 0 atom stereocenters. The summed E-state index contributed by atoms with van der Waals surface area (Å²) in [4.78, 5) is 25.7. The highest BCUT2D eigenvalue weighted by Gasteiger charge is 2.10. The van der Waals surface area contributed by atoms with E-state index in [1.807, 2.05) is 42.2 Å². The lowest BCUT2D eigenvalue weighted by molar-refractivity contribution is -0.119. The Labute approximate surface area is 217 Å². The lowest BCUT2D eigenvalue weighted by Gasteiger charge is -2.29. The van der Waals surface area contributed by atoms with Crippen LogP contribution in [-0.2, 0) is 18.4 Å². The van der Waals surface area contributed by atoms with Crippen molar-refractivity contribution in [3.05, 3.63) is 84.1 Å². The Morgan fingerprint density at radius 2 is 1.70 bits per heavy atom. The number of nitrogens with zero attached hydrogens (tertiary/aromatic N) is 4. The first-order chi connectivity index (χ1) is 18.0. The molecule has 37 heavy (non-hydrogen) atoms. The van der Waals surface area contributed by atoms with Crippen LogP contribution in [0.5, 0.6) is 0 Å². The van der Waals surface area contributed by atoms with Gasteiger partial charge in [0.1, 0.15) is 6.61 Å². The first-order valence-corrected chi connectivity index (χ1v) is 12.3. The normalized spacial score (nSPS) is 13.6. The highest BCUT2D eigenvalue weighted by atomic mass is 16.3. The Hall–Kier alpha value is -4.01. The van der Waals surface area contributed by atoms with Crippen LogP contribution in [0.15, 0.2) is 72.9 Å². The van der Waals surface area contributed by atoms with Gasteiger partial charge in [-0.15, -0.1) is 0 Å². The van der Waals surface area contributed by atoms with E-state index in [1.54, 1.807) is 17.0 Å². The van der Waals surface area contributed by atoms with Crippen molar-refractivity contribution in [3.8, 4) is 11.1 Å². The smallest absolute Gasteiger partial charge is 0.209 e. The van der Waals surface area contributed by atoms with Gasteiger partial charge >= 0.3 is 0 Å². The number of aromatic nitrogens is 2. The SMILES string of the molecule is CN1CCN(C=O)CC1.Cn1ncc2cc(-c3cccc(NCc4ccc(C(=O)CO)cc4)c3)ccc21. The standard InChI is InChI=1S/C23H21N3O2.C6H12N2O/c1-26-22-10-9-19(11-20(22)14-25-26)18-3-2-4-21(12-18)24-13-16-5-7-17(8-6-16)23(28)15-27;1-7-2-4-8(6-9)5-3-7/h2-12,14,24,27H,13,15H2,1H3;6H,2-5H2,1H3. The summed E-state index contributed by atoms with van der Waals surface area (Å²) in [6.07, 6.45) is 2.80. The van der Waals surface area contributed by atoms with Crippen LogP contribution in [0.1, 0.15) is 15.9 Å². The second-order valence-corrected chi connectivity index (χ2v) is 9.20. The minimum atomic E-state index is -0.463. The molecule has 0 unspecified atom stereocenters. The Bertz CT molecular complexity index is 1340. The van der Waals surface area contributed by atoms with E-state index in [-0.39, 0.29) is 5.78 Å². The van der Waals surface area contributed by atoms with Gasteiger partial charge in [0, 0.05) is 56.4 Å². The molecule has 5 rings (SSSR count). The third kappa shape index (κ3) is 6.81. The molecule has 2 heterocycles. The minimum absolute atomic E-state index is 0.266. The molecule has 0 aliphatic carbocycles. The zero-order chi connectivity index (χ0) is 26.2. The van der Waals surface area contributed by atoms with E-state index in [1.165, 1.54) is 0 Å². The van der Waals surface area contributed by atoms with E-state index in [2.05, 4.69) is 52.7 Å². The maximum atomic E-state index is 11.5. The van der Waals surface area contributed by atoms with Gasteiger partial charge < -0.3 is 20.2 Å². The molecule has 1 saturated heterocycles. The molecule has 4 aromatic rings. The molecule has 1 aliphatic heterocycles. The number of aryl methyl sites for hydroxylation is 1. The van der Waals surface area contributed by atoms with Crippen molar-refractivity contribution in [1.29, 1.82) is 0 Å². The van der Waals surface area contributed by atoms with Gasteiger partial charge in [-0.05, 0) is 48.0 Å². The van der Waals surface area contributed by atoms with Crippen LogP contribution in [0.4, 0.5) is 5.69 Å². The average Bonchev–Trinajstić information content (AvgIpc) is 3.32. The number of aliphatic hydroxyl groups is 1. The number of rotatable bonds is 7. The maximum Gasteiger partial charge on any atom is 0.209 e. The molecule has 8 heteroatoms. The number of carbonyl (C=O) groups is 2. The van der Waals surface area contributed by atoms with Crippen LogP contribution in [0.2, 0.25) is 0 Å². The minimum Gasteiger partial charge on any atom is -0.388 e. The van der Waals surface area contributed by atoms with Gasteiger partial charge in [-0.2, -0.15) is 5.10 Å². The van der Waals surface area contributed by atoms with Gasteiger partial charge in [0.25, 0.3) is 0 Å². The van der Waals surface area contributed by atoms with Crippen LogP contribution in [0.25, 0.3) is 22.0 Å². The van der Waals surface area contributed by atoms with E-state index in [4.69, 9.17) is 5.11 Å². The summed E-state index contributed by atoms with van der Waals surface area (Å²) < 4.78 is 1.87. The number of nitrogens with one attached hydrogen (secondary N) is 1. The van der Waals surface area contributed by atoms with Crippen LogP contribution in [0.3, 0.4) is 0 Å². The zero-order valence-corrected chi connectivity index (χ0v) is 21.3. The summed E-state index contributed by atoms with van der Waals surface area (Å²) in [5, 5.41) is 17.8. The number of piperazine rings is 1. The number of benzene rings is 3. The Morgan fingerprint density at radius 3 is 2.41 bits per heavy atom. The molecular formula is C29H33N5O3. The maximum absolute atomic E-state index is 11.5. The highest BCUT2D eigenvalue weighted by molar-refractivity contribution is 5.96. The summed E-state index contributed by atoms with van der Waals surface area (Å²) >= 11 is 0. The molecule has 1 fully saturated rings. The van der Waals surface area contributed by atoms with Crippen LogP contribution >= 0.6 is 0 Å². The third-order valence-electron chi connectivity index (χ3n) is 6.55. The van der Waals surface area contributed by atoms with Crippen molar-refractivity contribution in [2.45, 2.75) is 6.54 Å². The number of hydrogen-bond acceptors (Lipinski definition) is 6. The molecule has 0 radical (unpaired) electrons. The molecule has 0 spiro atoms. The van der Waals surface area contributed by atoms with E-state index in [9.17, 15) is 9.59 Å². The van der Waals surface area contributed by atoms with Gasteiger partial charge in [0.15, 0.2) is 5.78 Å². The second kappa shape index (κ2) is 12.3. The number of anilines is 1. The Morgan fingerprint density at radius 1 is 0.973 bits per heavy atom.